The fourth-order valence-electron chi connectivity index (χ4n) is 1.52. The Morgan fingerprint density at radius 3 is 2.65 bits per heavy atom. The summed E-state index contributed by atoms with van der Waals surface area (Å²) in [4.78, 5) is 11.4. The van der Waals surface area contributed by atoms with Crippen molar-refractivity contribution in [2.45, 2.75) is 18.7 Å². The van der Waals surface area contributed by atoms with Crippen molar-refractivity contribution in [1.82, 2.24) is 5.32 Å². The highest BCUT2D eigenvalue weighted by Gasteiger charge is 2.20. The van der Waals surface area contributed by atoms with Crippen molar-refractivity contribution in [3.8, 4) is 0 Å². The first kappa shape index (κ1) is 16.9. The summed E-state index contributed by atoms with van der Waals surface area (Å²) >= 11 is 0. The van der Waals surface area contributed by atoms with Crippen molar-refractivity contribution < 1.29 is 22.3 Å². The molecule has 1 N–H and O–H groups in total. The number of carbonyl (C=O) groups excluding carboxylic acids is 1. The lowest BCUT2D eigenvalue weighted by atomic mass is 10.1. The summed E-state index contributed by atoms with van der Waals surface area (Å²) in [6.07, 6.45) is 0. The summed E-state index contributed by atoms with van der Waals surface area (Å²) in [7, 11) is 1.10. The van der Waals surface area contributed by atoms with Gasteiger partial charge in [0, 0.05) is 35.0 Å². The normalized spacial score (nSPS) is 11.4. The minimum atomic E-state index is -4.11. The molecule has 0 aliphatic carbocycles. The number of hydrogen-bond acceptors (Lipinski definition) is 4. The van der Waals surface area contributed by atoms with Crippen LogP contribution in [0.2, 0.25) is 0 Å². The summed E-state index contributed by atoms with van der Waals surface area (Å²) in [5.41, 5.74) is -0.227. The highest BCUT2D eigenvalue weighted by Crippen LogP contribution is 2.23. The van der Waals surface area contributed by atoms with Crippen molar-refractivity contribution in [3.63, 3.8) is 0 Å². The predicted molar refractivity (Wildman–Crippen MR) is 73.0 cm³/mol. The van der Waals surface area contributed by atoms with Gasteiger partial charge in [-0.2, -0.15) is 0 Å². The van der Waals surface area contributed by atoms with Crippen LogP contribution in [0.1, 0.15) is 22.8 Å². The van der Waals surface area contributed by atoms with Gasteiger partial charge in [0.1, 0.15) is 5.82 Å². The molecule has 1 aromatic rings. The molecule has 1 amide bonds. The zero-order chi connectivity index (χ0) is 15.3. The van der Waals surface area contributed by atoms with E-state index in [4.69, 9.17) is 15.4 Å². The van der Waals surface area contributed by atoms with Gasteiger partial charge in [-0.1, -0.05) is 0 Å². The van der Waals surface area contributed by atoms with Crippen molar-refractivity contribution in [2.24, 2.45) is 0 Å². The second kappa shape index (κ2) is 7.01. The second-order valence-corrected chi connectivity index (χ2v) is 6.51. The molecule has 0 atom stereocenters. The number of halogens is 2. The predicted octanol–water partition coefficient (Wildman–Crippen LogP) is 1.83. The van der Waals surface area contributed by atoms with Crippen molar-refractivity contribution in [3.05, 3.63) is 29.1 Å². The Labute approximate surface area is 121 Å². The summed E-state index contributed by atoms with van der Waals surface area (Å²) < 4.78 is 41.3. The molecule has 0 unspecified atom stereocenters. The summed E-state index contributed by atoms with van der Waals surface area (Å²) in [5, 5.41) is 2.49. The van der Waals surface area contributed by atoms with Crippen LogP contribution in [-0.2, 0) is 13.8 Å². The fourth-order valence-corrected chi connectivity index (χ4v) is 2.73. The fraction of sp³-hybridized carbons (Fsp3) is 0.417. The van der Waals surface area contributed by atoms with Gasteiger partial charge < -0.3 is 10.1 Å². The third-order valence-electron chi connectivity index (χ3n) is 2.56. The number of ether oxygens (including phenoxy) is 1. The Balaban J connectivity index is 2.97. The average Bonchev–Trinajstić information content (AvgIpc) is 2.36. The van der Waals surface area contributed by atoms with Crippen molar-refractivity contribution in [1.29, 1.82) is 0 Å². The SMILES string of the molecule is CCOCCNC(=O)c1cc(F)c(C)c(S(=O)(=O)Cl)c1. The maximum atomic E-state index is 13.6. The van der Waals surface area contributed by atoms with Crippen LogP contribution >= 0.6 is 10.7 Å². The maximum Gasteiger partial charge on any atom is 0.261 e. The van der Waals surface area contributed by atoms with Gasteiger partial charge in [0.25, 0.3) is 15.0 Å². The van der Waals surface area contributed by atoms with Crippen LogP contribution < -0.4 is 5.32 Å². The van der Waals surface area contributed by atoms with Gasteiger partial charge in [-0.05, 0) is 26.0 Å². The van der Waals surface area contributed by atoms with Crippen LogP contribution in [0.5, 0.6) is 0 Å². The molecule has 1 rings (SSSR count). The second-order valence-electron chi connectivity index (χ2n) is 3.97. The molecule has 0 aliphatic heterocycles. The highest BCUT2D eigenvalue weighted by molar-refractivity contribution is 8.13. The summed E-state index contributed by atoms with van der Waals surface area (Å²) in [6.45, 7) is 4.17. The molecule has 0 aromatic heterocycles. The summed E-state index contributed by atoms with van der Waals surface area (Å²) in [6, 6.07) is 2.02. The molecule has 0 saturated carbocycles. The van der Waals surface area contributed by atoms with Gasteiger partial charge in [-0.25, -0.2) is 12.8 Å². The van der Waals surface area contributed by atoms with Crippen LogP contribution in [-0.4, -0.2) is 34.1 Å². The molecule has 8 heteroatoms. The van der Waals surface area contributed by atoms with E-state index in [1.54, 1.807) is 0 Å². The smallest absolute Gasteiger partial charge is 0.261 e. The van der Waals surface area contributed by atoms with Crippen molar-refractivity contribution >= 4 is 25.6 Å². The topological polar surface area (TPSA) is 72.5 Å². The van der Waals surface area contributed by atoms with Gasteiger partial charge in [0.2, 0.25) is 0 Å². The first-order chi connectivity index (χ1) is 9.27. The van der Waals surface area contributed by atoms with E-state index in [0.717, 1.165) is 12.1 Å². The Bertz CT molecular complexity index is 604. The lowest BCUT2D eigenvalue weighted by Gasteiger charge is -2.09. The third kappa shape index (κ3) is 4.43. The number of rotatable bonds is 6. The number of nitrogens with one attached hydrogen (secondary N) is 1. The molecular formula is C12H15ClFNO4S. The largest absolute Gasteiger partial charge is 0.380 e. The first-order valence-corrected chi connectivity index (χ1v) is 8.19. The molecule has 5 nitrogen and oxygen atoms in total. The minimum Gasteiger partial charge on any atom is -0.380 e. The van der Waals surface area contributed by atoms with E-state index in [-0.39, 0.29) is 17.7 Å². The van der Waals surface area contributed by atoms with Crippen molar-refractivity contribution in [2.75, 3.05) is 19.8 Å². The van der Waals surface area contributed by atoms with E-state index in [9.17, 15) is 17.6 Å². The lowest BCUT2D eigenvalue weighted by Crippen LogP contribution is -2.27. The summed E-state index contributed by atoms with van der Waals surface area (Å²) in [5.74, 6) is -1.40. The lowest BCUT2D eigenvalue weighted by molar-refractivity contribution is 0.0922. The Morgan fingerprint density at radius 2 is 2.10 bits per heavy atom. The van der Waals surface area contributed by atoms with Gasteiger partial charge in [0.15, 0.2) is 0 Å². The minimum absolute atomic E-state index is 0.108. The number of amides is 1. The van der Waals surface area contributed by atoms with Gasteiger partial charge >= 0.3 is 0 Å². The maximum absolute atomic E-state index is 13.6. The monoisotopic (exact) mass is 323 g/mol. The van der Waals surface area contributed by atoms with Crippen LogP contribution in [0.15, 0.2) is 17.0 Å². The number of carbonyl (C=O) groups is 1. The Morgan fingerprint density at radius 1 is 1.45 bits per heavy atom. The zero-order valence-electron chi connectivity index (χ0n) is 11.1. The van der Waals surface area contributed by atoms with E-state index >= 15 is 0 Å². The molecule has 0 spiro atoms. The molecule has 0 saturated heterocycles. The number of benzene rings is 1. The van der Waals surface area contributed by atoms with E-state index in [2.05, 4.69) is 5.32 Å². The Kier molecular flexibility index (Phi) is 5.91. The van der Waals surface area contributed by atoms with Crippen LogP contribution in [0.3, 0.4) is 0 Å². The molecule has 0 radical (unpaired) electrons. The molecule has 0 aliphatic rings. The van der Waals surface area contributed by atoms with E-state index in [1.165, 1.54) is 6.92 Å². The standard InChI is InChI=1S/C12H15ClFNO4S/c1-3-19-5-4-15-12(16)9-6-10(14)8(2)11(7-9)20(13,17)18/h6-7H,3-5H2,1-2H3,(H,15,16). The molecule has 112 valence electrons. The molecular weight excluding hydrogens is 309 g/mol. The molecule has 20 heavy (non-hydrogen) atoms. The van der Waals surface area contributed by atoms with Crippen LogP contribution in [0.25, 0.3) is 0 Å². The van der Waals surface area contributed by atoms with Gasteiger partial charge in [0.05, 0.1) is 11.5 Å². The van der Waals surface area contributed by atoms with Gasteiger partial charge in [-0.3, -0.25) is 4.79 Å². The first-order valence-electron chi connectivity index (χ1n) is 5.88. The highest BCUT2D eigenvalue weighted by atomic mass is 35.7. The average molecular weight is 324 g/mol. The van der Waals surface area contributed by atoms with Gasteiger partial charge in [-0.15, -0.1) is 0 Å². The van der Waals surface area contributed by atoms with E-state index in [0.29, 0.717) is 13.2 Å². The van der Waals surface area contributed by atoms with E-state index in [1.807, 2.05) is 6.92 Å². The Hall–Kier alpha value is -1.18. The third-order valence-corrected chi connectivity index (χ3v) is 4.01. The molecule has 1 aromatic carbocycles. The molecule has 0 bridgehead atoms. The molecule has 0 heterocycles. The molecule has 0 fully saturated rings. The van der Waals surface area contributed by atoms with Crippen LogP contribution in [0, 0.1) is 12.7 Å². The number of hydrogen-bond donors (Lipinski definition) is 1. The zero-order valence-corrected chi connectivity index (χ0v) is 12.6. The van der Waals surface area contributed by atoms with Crippen LogP contribution in [0.4, 0.5) is 4.39 Å². The van der Waals surface area contributed by atoms with E-state index < -0.39 is 25.7 Å². The quantitative estimate of drug-likeness (QED) is 0.640.